The van der Waals surface area contributed by atoms with Gasteiger partial charge in [0.1, 0.15) is 0 Å². The van der Waals surface area contributed by atoms with Crippen molar-refractivity contribution in [3.05, 3.63) is 65.2 Å². The van der Waals surface area contributed by atoms with E-state index in [4.69, 9.17) is 0 Å². The Morgan fingerprint density at radius 2 is 1.78 bits per heavy atom. The molecule has 1 atom stereocenters. The Hall–Kier alpha value is -2.46. The van der Waals surface area contributed by atoms with Gasteiger partial charge in [0.05, 0.1) is 11.7 Å². The average molecular weight is 310 g/mol. The Labute approximate surface area is 136 Å². The molecule has 1 amide bonds. The summed E-state index contributed by atoms with van der Waals surface area (Å²) in [5, 5.41) is 5.91. The minimum absolute atomic E-state index is 0.0966. The lowest BCUT2D eigenvalue weighted by Gasteiger charge is -2.15. The molecule has 1 unspecified atom stereocenters. The molecule has 23 heavy (non-hydrogen) atoms. The largest absolute Gasteiger partial charge is 0.324 e. The molecular formula is C19H22N2O2. The Kier molecular flexibility index (Phi) is 5.66. The van der Waals surface area contributed by atoms with E-state index in [9.17, 15) is 9.59 Å². The lowest BCUT2D eigenvalue weighted by molar-refractivity contribution is -0.117. The number of anilines is 1. The molecule has 0 bridgehead atoms. The van der Waals surface area contributed by atoms with E-state index in [0.717, 1.165) is 5.56 Å². The molecule has 0 fully saturated rings. The molecule has 0 saturated heterocycles. The van der Waals surface area contributed by atoms with Crippen molar-refractivity contribution in [3.8, 4) is 0 Å². The van der Waals surface area contributed by atoms with Crippen molar-refractivity contribution in [2.75, 3.05) is 11.9 Å². The van der Waals surface area contributed by atoms with E-state index < -0.39 is 0 Å². The van der Waals surface area contributed by atoms with Crippen LogP contribution in [-0.4, -0.2) is 24.3 Å². The normalized spacial score (nSPS) is 11.8. The molecule has 2 rings (SSSR count). The third kappa shape index (κ3) is 4.27. The van der Waals surface area contributed by atoms with E-state index in [2.05, 4.69) is 10.6 Å². The van der Waals surface area contributed by atoms with E-state index in [-0.39, 0.29) is 17.7 Å². The van der Waals surface area contributed by atoms with Crippen LogP contribution in [-0.2, 0) is 4.79 Å². The summed E-state index contributed by atoms with van der Waals surface area (Å²) >= 11 is 0. The van der Waals surface area contributed by atoms with Crippen LogP contribution in [0.4, 0.5) is 5.69 Å². The molecule has 4 heteroatoms. The van der Waals surface area contributed by atoms with Gasteiger partial charge in [-0.25, -0.2) is 0 Å². The number of likely N-dealkylation sites (N-methyl/N-ethyl adjacent to an activating group) is 1. The first-order chi connectivity index (χ1) is 11.0. The van der Waals surface area contributed by atoms with Crippen molar-refractivity contribution < 1.29 is 9.59 Å². The number of carbonyl (C=O) groups is 2. The summed E-state index contributed by atoms with van der Waals surface area (Å²) in [4.78, 5) is 24.9. The highest BCUT2D eigenvalue weighted by Gasteiger charge is 2.17. The standard InChI is InChI=1S/C19H22N2O2/c1-4-20-14(3)19(23)21-17-11-10-13(2)12-16(17)18(22)15-8-6-5-7-9-15/h5-12,14,20H,4H2,1-3H3,(H,21,23). The number of amides is 1. The van der Waals surface area contributed by atoms with Crippen molar-refractivity contribution in [2.45, 2.75) is 26.8 Å². The van der Waals surface area contributed by atoms with Crippen molar-refractivity contribution in [3.63, 3.8) is 0 Å². The summed E-state index contributed by atoms with van der Waals surface area (Å²) in [6, 6.07) is 14.2. The van der Waals surface area contributed by atoms with Crippen LogP contribution in [0.3, 0.4) is 0 Å². The van der Waals surface area contributed by atoms with E-state index in [1.165, 1.54) is 0 Å². The molecule has 2 aromatic carbocycles. The van der Waals surface area contributed by atoms with Crippen LogP contribution >= 0.6 is 0 Å². The molecule has 0 heterocycles. The number of hydrogen-bond acceptors (Lipinski definition) is 3. The molecule has 0 radical (unpaired) electrons. The summed E-state index contributed by atoms with van der Waals surface area (Å²) in [5.41, 5.74) is 2.63. The molecule has 4 nitrogen and oxygen atoms in total. The number of rotatable bonds is 6. The second kappa shape index (κ2) is 7.70. The van der Waals surface area contributed by atoms with Gasteiger partial charge in [0, 0.05) is 11.1 Å². The molecule has 0 aromatic heterocycles. The number of nitrogens with one attached hydrogen (secondary N) is 2. The summed E-state index contributed by atoms with van der Waals surface area (Å²) in [5.74, 6) is -0.251. The predicted molar refractivity (Wildman–Crippen MR) is 92.8 cm³/mol. The average Bonchev–Trinajstić information content (AvgIpc) is 2.56. The van der Waals surface area contributed by atoms with Crippen LogP contribution in [0.15, 0.2) is 48.5 Å². The Morgan fingerprint density at radius 3 is 2.43 bits per heavy atom. The maximum atomic E-state index is 12.7. The first kappa shape index (κ1) is 16.9. The first-order valence-electron chi connectivity index (χ1n) is 7.77. The van der Waals surface area contributed by atoms with Gasteiger partial charge in [-0.2, -0.15) is 0 Å². The molecule has 120 valence electrons. The molecule has 0 aliphatic rings. The van der Waals surface area contributed by atoms with E-state index in [1.54, 1.807) is 25.1 Å². The van der Waals surface area contributed by atoms with Crippen molar-refractivity contribution in [1.82, 2.24) is 5.32 Å². The minimum atomic E-state index is -0.319. The molecule has 0 spiro atoms. The third-order valence-electron chi connectivity index (χ3n) is 3.62. The predicted octanol–water partition coefficient (Wildman–Crippen LogP) is 3.16. The second-order valence-electron chi connectivity index (χ2n) is 5.51. The fourth-order valence-electron chi connectivity index (χ4n) is 2.34. The van der Waals surface area contributed by atoms with Crippen LogP contribution < -0.4 is 10.6 Å². The zero-order valence-corrected chi connectivity index (χ0v) is 13.7. The highest BCUT2D eigenvalue weighted by molar-refractivity contribution is 6.14. The smallest absolute Gasteiger partial charge is 0.241 e. The number of hydrogen-bond donors (Lipinski definition) is 2. The van der Waals surface area contributed by atoms with Gasteiger partial charge in [0.25, 0.3) is 0 Å². The van der Waals surface area contributed by atoms with E-state index in [0.29, 0.717) is 23.4 Å². The maximum absolute atomic E-state index is 12.7. The van der Waals surface area contributed by atoms with Gasteiger partial charge in [-0.3, -0.25) is 9.59 Å². The van der Waals surface area contributed by atoms with Crippen molar-refractivity contribution in [2.24, 2.45) is 0 Å². The fraction of sp³-hybridized carbons (Fsp3) is 0.263. The van der Waals surface area contributed by atoms with Gasteiger partial charge in [0.15, 0.2) is 5.78 Å². The molecular weight excluding hydrogens is 288 g/mol. The molecule has 2 N–H and O–H groups in total. The van der Waals surface area contributed by atoms with Crippen molar-refractivity contribution >= 4 is 17.4 Å². The first-order valence-corrected chi connectivity index (χ1v) is 7.77. The summed E-state index contributed by atoms with van der Waals surface area (Å²) < 4.78 is 0. The number of carbonyl (C=O) groups excluding carboxylic acids is 2. The maximum Gasteiger partial charge on any atom is 0.241 e. The zero-order chi connectivity index (χ0) is 16.8. The number of benzene rings is 2. The summed E-state index contributed by atoms with van der Waals surface area (Å²) in [6.45, 7) is 6.37. The molecule has 0 saturated carbocycles. The Morgan fingerprint density at radius 1 is 1.09 bits per heavy atom. The Bertz CT molecular complexity index is 696. The van der Waals surface area contributed by atoms with Gasteiger partial charge in [0.2, 0.25) is 5.91 Å². The summed E-state index contributed by atoms with van der Waals surface area (Å²) in [6.07, 6.45) is 0. The number of ketones is 1. The van der Waals surface area contributed by atoms with Crippen LogP contribution in [0.25, 0.3) is 0 Å². The van der Waals surface area contributed by atoms with Crippen molar-refractivity contribution in [1.29, 1.82) is 0 Å². The highest BCUT2D eigenvalue weighted by atomic mass is 16.2. The minimum Gasteiger partial charge on any atom is -0.324 e. The molecule has 2 aromatic rings. The van der Waals surface area contributed by atoms with E-state index >= 15 is 0 Å². The topological polar surface area (TPSA) is 58.2 Å². The SMILES string of the molecule is CCNC(C)C(=O)Nc1ccc(C)cc1C(=O)c1ccccc1. The van der Waals surface area contributed by atoms with Crippen LogP contribution in [0, 0.1) is 6.92 Å². The van der Waals surface area contributed by atoms with Gasteiger partial charge >= 0.3 is 0 Å². The van der Waals surface area contributed by atoms with Crippen LogP contribution in [0.2, 0.25) is 0 Å². The second-order valence-corrected chi connectivity index (χ2v) is 5.51. The molecule has 0 aliphatic heterocycles. The zero-order valence-electron chi connectivity index (χ0n) is 13.7. The quantitative estimate of drug-likeness (QED) is 0.806. The fourth-order valence-corrected chi connectivity index (χ4v) is 2.34. The number of aryl methyl sites for hydroxylation is 1. The monoisotopic (exact) mass is 310 g/mol. The van der Waals surface area contributed by atoms with Gasteiger partial charge in [-0.15, -0.1) is 0 Å². The lowest BCUT2D eigenvalue weighted by Crippen LogP contribution is -2.38. The summed E-state index contributed by atoms with van der Waals surface area (Å²) in [7, 11) is 0. The third-order valence-corrected chi connectivity index (χ3v) is 3.62. The van der Waals surface area contributed by atoms with Gasteiger partial charge in [-0.05, 0) is 32.5 Å². The highest BCUT2D eigenvalue weighted by Crippen LogP contribution is 2.21. The molecule has 0 aliphatic carbocycles. The van der Waals surface area contributed by atoms with Gasteiger partial charge < -0.3 is 10.6 Å². The van der Waals surface area contributed by atoms with E-state index in [1.807, 2.05) is 44.2 Å². The van der Waals surface area contributed by atoms with Crippen LogP contribution in [0.1, 0.15) is 35.3 Å². The van der Waals surface area contributed by atoms with Crippen LogP contribution in [0.5, 0.6) is 0 Å². The van der Waals surface area contributed by atoms with Gasteiger partial charge in [-0.1, -0.05) is 48.9 Å². The lowest BCUT2D eigenvalue weighted by atomic mass is 9.99. The Balaban J connectivity index is 2.31.